The molecule has 0 saturated carbocycles. The quantitative estimate of drug-likeness (QED) is 0.835. The second-order valence-electron chi connectivity index (χ2n) is 5.53. The summed E-state index contributed by atoms with van der Waals surface area (Å²) in [6.45, 7) is 3.05. The lowest BCUT2D eigenvalue weighted by atomic mass is 10.1. The molecule has 20 heavy (non-hydrogen) atoms. The third-order valence-electron chi connectivity index (χ3n) is 3.97. The van der Waals surface area contributed by atoms with Gasteiger partial charge < -0.3 is 15.4 Å². The third-order valence-corrected chi connectivity index (χ3v) is 5.20. The lowest BCUT2D eigenvalue weighted by Gasteiger charge is -2.23. The number of rotatable bonds is 3. The summed E-state index contributed by atoms with van der Waals surface area (Å²) >= 11 is 1.67. The van der Waals surface area contributed by atoms with E-state index in [1.165, 1.54) is 29.7 Å². The van der Waals surface area contributed by atoms with E-state index in [2.05, 4.69) is 16.7 Å². The van der Waals surface area contributed by atoms with E-state index in [0.717, 1.165) is 37.4 Å². The lowest BCUT2D eigenvalue weighted by Crippen LogP contribution is -2.45. The van der Waals surface area contributed by atoms with Crippen LogP contribution in [0.4, 0.5) is 0 Å². The molecule has 1 aromatic heterocycles. The number of carbonyl (C=O) groups excluding carboxylic acids is 1. The zero-order valence-electron chi connectivity index (χ0n) is 11.7. The fraction of sp³-hybridized carbons (Fsp3) is 0.667. The Bertz CT molecular complexity index is 443. The molecule has 1 saturated heterocycles. The Morgan fingerprint density at radius 1 is 1.40 bits per heavy atom. The highest BCUT2D eigenvalue weighted by molar-refractivity contribution is 7.14. The number of morpholine rings is 1. The maximum Gasteiger partial charge on any atom is 0.261 e. The van der Waals surface area contributed by atoms with Crippen LogP contribution in [-0.4, -0.2) is 38.3 Å². The maximum atomic E-state index is 12.2. The van der Waals surface area contributed by atoms with Crippen molar-refractivity contribution in [1.29, 1.82) is 0 Å². The van der Waals surface area contributed by atoms with Gasteiger partial charge in [0.05, 0.1) is 17.6 Å². The molecule has 1 amide bonds. The average molecular weight is 294 g/mol. The second kappa shape index (κ2) is 6.70. The van der Waals surface area contributed by atoms with Crippen molar-refractivity contribution in [2.75, 3.05) is 26.2 Å². The van der Waals surface area contributed by atoms with Crippen molar-refractivity contribution in [3.63, 3.8) is 0 Å². The highest BCUT2D eigenvalue weighted by Crippen LogP contribution is 2.28. The number of aryl methyl sites for hydroxylation is 2. The van der Waals surface area contributed by atoms with E-state index in [1.807, 2.05) is 0 Å². The van der Waals surface area contributed by atoms with Crippen LogP contribution in [0.1, 0.15) is 39.4 Å². The van der Waals surface area contributed by atoms with Gasteiger partial charge in [-0.2, -0.15) is 0 Å². The van der Waals surface area contributed by atoms with Gasteiger partial charge in [-0.3, -0.25) is 4.79 Å². The van der Waals surface area contributed by atoms with Crippen LogP contribution in [0.5, 0.6) is 0 Å². The van der Waals surface area contributed by atoms with E-state index in [-0.39, 0.29) is 12.0 Å². The molecule has 2 N–H and O–H groups in total. The van der Waals surface area contributed by atoms with Crippen molar-refractivity contribution >= 4 is 17.2 Å². The molecular formula is C15H22N2O2S. The van der Waals surface area contributed by atoms with Crippen LogP contribution in [0.3, 0.4) is 0 Å². The van der Waals surface area contributed by atoms with Gasteiger partial charge in [-0.15, -0.1) is 11.3 Å². The van der Waals surface area contributed by atoms with Crippen molar-refractivity contribution in [3.8, 4) is 0 Å². The SMILES string of the molecule is O=C(NCC1CNCCO1)c1cc2c(s1)CCCCC2. The van der Waals surface area contributed by atoms with Crippen molar-refractivity contribution in [2.45, 2.75) is 38.2 Å². The minimum atomic E-state index is 0.0530. The summed E-state index contributed by atoms with van der Waals surface area (Å²) in [6, 6.07) is 2.10. The van der Waals surface area contributed by atoms with Crippen LogP contribution in [0.25, 0.3) is 0 Å². The minimum absolute atomic E-state index is 0.0530. The normalized spacial score (nSPS) is 22.9. The smallest absolute Gasteiger partial charge is 0.261 e. The minimum Gasteiger partial charge on any atom is -0.374 e. The van der Waals surface area contributed by atoms with Crippen LogP contribution in [-0.2, 0) is 17.6 Å². The van der Waals surface area contributed by atoms with Gasteiger partial charge in [-0.05, 0) is 37.3 Å². The monoisotopic (exact) mass is 294 g/mol. The molecule has 2 heterocycles. The van der Waals surface area contributed by atoms with Crippen LogP contribution >= 0.6 is 11.3 Å². The van der Waals surface area contributed by atoms with Crippen LogP contribution < -0.4 is 10.6 Å². The Morgan fingerprint density at radius 3 is 3.15 bits per heavy atom. The third kappa shape index (κ3) is 3.40. The van der Waals surface area contributed by atoms with E-state index < -0.39 is 0 Å². The molecule has 1 fully saturated rings. The largest absolute Gasteiger partial charge is 0.374 e. The standard InChI is InChI=1S/C15H22N2O2S/c18-15(17-10-12-9-16-6-7-19-12)14-8-11-4-2-1-3-5-13(11)20-14/h8,12,16H,1-7,9-10H2,(H,17,18). The van der Waals surface area contributed by atoms with E-state index in [1.54, 1.807) is 11.3 Å². The summed E-state index contributed by atoms with van der Waals surface area (Å²) in [6.07, 6.45) is 6.21. The highest BCUT2D eigenvalue weighted by atomic mass is 32.1. The van der Waals surface area contributed by atoms with Gasteiger partial charge in [0.15, 0.2) is 0 Å². The summed E-state index contributed by atoms with van der Waals surface area (Å²) in [5.41, 5.74) is 1.40. The highest BCUT2D eigenvalue weighted by Gasteiger charge is 2.18. The van der Waals surface area contributed by atoms with Crippen molar-refractivity contribution < 1.29 is 9.53 Å². The molecular weight excluding hydrogens is 272 g/mol. The number of carbonyl (C=O) groups is 1. The van der Waals surface area contributed by atoms with Gasteiger partial charge >= 0.3 is 0 Å². The van der Waals surface area contributed by atoms with Gasteiger partial charge in [-0.25, -0.2) is 0 Å². The summed E-state index contributed by atoms with van der Waals surface area (Å²) in [4.78, 5) is 14.5. The van der Waals surface area contributed by atoms with Gasteiger partial charge in [0.2, 0.25) is 0 Å². The number of fused-ring (bicyclic) bond motifs is 1. The molecule has 0 spiro atoms. The first kappa shape index (κ1) is 14.0. The molecule has 1 atom stereocenters. The number of hydrogen-bond acceptors (Lipinski definition) is 4. The summed E-state index contributed by atoms with van der Waals surface area (Å²) in [7, 11) is 0. The van der Waals surface area contributed by atoms with Gasteiger partial charge in [0, 0.05) is 24.5 Å². The van der Waals surface area contributed by atoms with E-state index in [9.17, 15) is 4.79 Å². The zero-order valence-corrected chi connectivity index (χ0v) is 12.6. The number of ether oxygens (including phenoxy) is 1. The first-order chi connectivity index (χ1) is 9.83. The Hall–Kier alpha value is -0.910. The molecule has 0 radical (unpaired) electrons. The Labute approximate surface area is 123 Å². The number of amides is 1. The van der Waals surface area contributed by atoms with Gasteiger partial charge in [0.25, 0.3) is 5.91 Å². The van der Waals surface area contributed by atoms with Crippen molar-refractivity contribution in [1.82, 2.24) is 10.6 Å². The number of hydrogen-bond donors (Lipinski definition) is 2. The Balaban J connectivity index is 1.56. The fourth-order valence-corrected chi connectivity index (χ4v) is 3.99. The molecule has 4 nitrogen and oxygen atoms in total. The lowest BCUT2D eigenvalue weighted by molar-refractivity contribution is 0.0287. The molecule has 2 aliphatic rings. The maximum absolute atomic E-state index is 12.2. The summed E-state index contributed by atoms with van der Waals surface area (Å²) < 4.78 is 5.59. The predicted molar refractivity (Wildman–Crippen MR) is 80.5 cm³/mol. The topological polar surface area (TPSA) is 50.4 Å². The Kier molecular flexibility index (Phi) is 4.70. The fourth-order valence-electron chi connectivity index (χ4n) is 2.82. The zero-order chi connectivity index (χ0) is 13.8. The van der Waals surface area contributed by atoms with Gasteiger partial charge in [0.1, 0.15) is 0 Å². The molecule has 3 rings (SSSR count). The van der Waals surface area contributed by atoms with E-state index in [4.69, 9.17) is 4.74 Å². The number of thiophene rings is 1. The van der Waals surface area contributed by atoms with Gasteiger partial charge in [-0.1, -0.05) is 6.42 Å². The van der Waals surface area contributed by atoms with Crippen molar-refractivity contribution in [2.24, 2.45) is 0 Å². The Morgan fingerprint density at radius 2 is 2.30 bits per heavy atom. The molecule has 0 bridgehead atoms. The van der Waals surface area contributed by atoms with Crippen LogP contribution in [0.2, 0.25) is 0 Å². The molecule has 1 aromatic rings. The van der Waals surface area contributed by atoms with E-state index in [0.29, 0.717) is 6.54 Å². The molecule has 5 heteroatoms. The first-order valence-electron chi connectivity index (χ1n) is 7.55. The average Bonchev–Trinajstić information content (AvgIpc) is 2.77. The second-order valence-corrected chi connectivity index (χ2v) is 6.66. The van der Waals surface area contributed by atoms with Crippen LogP contribution in [0.15, 0.2) is 6.07 Å². The first-order valence-corrected chi connectivity index (χ1v) is 8.36. The van der Waals surface area contributed by atoms with Crippen molar-refractivity contribution in [3.05, 3.63) is 21.4 Å². The molecule has 1 aliphatic carbocycles. The number of nitrogens with one attached hydrogen (secondary N) is 2. The molecule has 1 unspecified atom stereocenters. The molecule has 1 aliphatic heterocycles. The molecule has 110 valence electrons. The predicted octanol–water partition coefficient (Wildman–Crippen LogP) is 1.74. The molecule has 0 aromatic carbocycles. The van der Waals surface area contributed by atoms with E-state index >= 15 is 0 Å². The summed E-state index contributed by atoms with van der Waals surface area (Å²) in [5.74, 6) is 0.0530. The van der Waals surface area contributed by atoms with Crippen LogP contribution in [0, 0.1) is 0 Å². The summed E-state index contributed by atoms with van der Waals surface area (Å²) in [5, 5.41) is 6.27.